The van der Waals surface area contributed by atoms with Crippen LogP contribution in [0, 0.1) is 5.92 Å². The Morgan fingerprint density at radius 3 is 2.20 bits per heavy atom. The van der Waals surface area contributed by atoms with Crippen LogP contribution in [0.25, 0.3) is 0 Å². The molecule has 0 fully saturated rings. The van der Waals surface area contributed by atoms with Crippen LogP contribution in [0.15, 0.2) is 18.2 Å². The van der Waals surface area contributed by atoms with Gasteiger partial charge in [0.2, 0.25) is 11.8 Å². The van der Waals surface area contributed by atoms with Gasteiger partial charge in [0.15, 0.2) is 0 Å². The fourth-order valence-electron chi connectivity index (χ4n) is 2.08. The van der Waals surface area contributed by atoms with Crippen molar-refractivity contribution >= 4 is 40.9 Å². The lowest BCUT2D eigenvalue weighted by Gasteiger charge is -2.22. The lowest BCUT2D eigenvalue weighted by Crippen LogP contribution is -2.51. The Hall–Kier alpha value is -1.79. The van der Waals surface area contributed by atoms with Gasteiger partial charge in [0.25, 0.3) is 5.91 Å². The fourth-order valence-corrected chi connectivity index (χ4v) is 2.57. The fraction of sp³-hybridized carbons (Fsp3) is 0.471. The van der Waals surface area contributed by atoms with Gasteiger partial charge >= 0.3 is 0 Å². The van der Waals surface area contributed by atoms with Crippen molar-refractivity contribution in [1.82, 2.24) is 16.0 Å². The van der Waals surface area contributed by atoms with Crippen molar-refractivity contribution in [3.63, 3.8) is 0 Å². The summed E-state index contributed by atoms with van der Waals surface area (Å²) in [4.78, 5) is 36.3. The number of nitrogens with one attached hydrogen (secondary N) is 3. The van der Waals surface area contributed by atoms with Crippen LogP contribution in [0.4, 0.5) is 0 Å². The average Bonchev–Trinajstić information content (AvgIpc) is 2.49. The third kappa shape index (κ3) is 6.92. The van der Waals surface area contributed by atoms with Crippen molar-refractivity contribution in [2.24, 2.45) is 5.92 Å². The maximum atomic E-state index is 12.4. The van der Waals surface area contributed by atoms with Gasteiger partial charge in [-0.15, -0.1) is 0 Å². The number of carbonyl (C=O) groups is 3. The Bertz CT molecular complexity index is 648. The van der Waals surface area contributed by atoms with Crippen LogP contribution < -0.4 is 16.0 Å². The Morgan fingerprint density at radius 2 is 1.68 bits per heavy atom. The second-order valence-electron chi connectivity index (χ2n) is 6.26. The van der Waals surface area contributed by atoms with Crippen molar-refractivity contribution < 1.29 is 14.4 Å². The third-order valence-electron chi connectivity index (χ3n) is 3.28. The van der Waals surface area contributed by atoms with Gasteiger partial charge in [0.05, 0.1) is 17.1 Å². The van der Waals surface area contributed by atoms with Crippen LogP contribution in [0.5, 0.6) is 0 Å². The first-order chi connectivity index (χ1) is 11.6. The zero-order valence-electron chi connectivity index (χ0n) is 14.7. The van der Waals surface area contributed by atoms with Crippen LogP contribution in [-0.2, 0) is 9.59 Å². The number of hydrogen-bond acceptors (Lipinski definition) is 3. The Labute approximate surface area is 157 Å². The first-order valence-electron chi connectivity index (χ1n) is 7.94. The van der Waals surface area contributed by atoms with E-state index in [1.165, 1.54) is 12.1 Å². The summed E-state index contributed by atoms with van der Waals surface area (Å²) < 4.78 is 0. The predicted molar refractivity (Wildman–Crippen MR) is 98.8 cm³/mol. The molecule has 0 bridgehead atoms. The van der Waals surface area contributed by atoms with E-state index in [1.54, 1.807) is 19.9 Å². The third-order valence-corrected chi connectivity index (χ3v) is 3.83. The first kappa shape index (κ1) is 21.3. The molecule has 0 aliphatic rings. The first-order valence-corrected chi connectivity index (χ1v) is 8.70. The monoisotopic (exact) mass is 387 g/mol. The zero-order chi connectivity index (χ0) is 19.1. The molecular formula is C17H23Cl2N3O3. The summed E-state index contributed by atoms with van der Waals surface area (Å²) in [5.41, 5.74) is 0.224. The quantitative estimate of drug-likeness (QED) is 0.670. The molecule has 1 rings (SSSR count). The standard InChI is InChI=1S/C17H23Cl2N3O3/c1-9(2)15(17(25)20-8-14(23)21-10(3)4)22-16(24)12-6-5-11(18)7-13(12)19/h5-7,9-10,15H,8H2,1-4H3,(H,20,25)(H,21,23)(H,22,24)/t15-/m0/s1. The second kappa shape index (κ2) is 9.63. The molecular weight excluding hydrogens is 365 g/mol. The van der Waals surface area contributed by atoms with E-state index < -0.39 is 17.9 Å². The van der Waals surface area contributed by atoms with E-state index in [0.717, 1.165) is 0 Å². The number of hydrogen-bond donors (Lipinski definition) is 3. The lowest BCUT2D eigenvalue weighted by molar-refractivity contribution is -0.128. The summed E-state index contributed by atoms with van der Waals surface area (Å²) >= 11 is 11.8. The van der Waals surface area contributed by atoms with Gasteiger partial charge in [-0.25, -0.2) is 0 Å². The van der Waals surface area contributed by atoms with E-state index in [2.05, 4.69) is 16.0 Å². The highest BCUT2D eigenvalue weighted by Crippen LogP contribution is 2.21. The molecule has 0 heterocycles. The highest BCUT2D eigenvalue weighted by atomic mass is 35.5. The van der Waals surface area contributed by atoms with Crippen LogP contribution in [-0.4, -0.2) is 36.3 Å². The van der Waals surface area contributed by atoms with Gasteiger partial charge in [-0.1, -0.05) is 37.0 Å². The Morgan fingerprint density at radius 1 is 1.04 bits per heavy atom. The molecule has 0 radical (unpaired) electrons. The summed E-state index contributed by atoms with van der Waals surface area (Å²) in [6.45, 7) is 7.08. The average molecular weight is 388 g/mol. The number of halogens is 2. The van der Waals surface area contributed by atoms with Gasteiger partial charge < -0.3 is 16.0 Å². The molecule has 0 aromatic heterocycles. The molecule has 3 amide bonds. The molecule has 6 nitrogen and oxygen atoms in total. The largest absolute Gasteiger partial charge is 0.352 e. The van der Waals surface area contributed by atoms with Gasteiger partial charge in [-0.2, -0.15) is 0 Å². The van der Waals surface area contributed by atoms with Crippen molar-refractivity contribution in [2.75, 3.05) is 6.54 Å². The van der Waals surface area contributed by atoms with Crippen molar-refractivity contribution in [3.8, 4) is 0 Å². The minimum Gasteiger partial charge on any atom is -0.352 e. The van der Waals surface area contributed by atoms with Gasteiger partial charge in [0, 0.05) is 11.1 Å². The highest BCUT2D eigenvalue weighted by molar-refractivity contribution is 6.36. The minimum absolute atomic E-state index is 0.0166. The molecule has 0 aliphatic carbocycles. The number of carbonyl (C=O) groups excluding carboxylic acids is 3. The topological polar surface area (TPSA) is 87.3 Å². The molecule has 138 valence electrons. The molecule has 8 heteroatoms. The molecule has 0 spiro atoms. The highest BCUT2D eigenvalue weighted by Gasteiger charge is 2.25. The molecule has 0 unspecified atom stereocenters. The van der Waals surface area contributed by atoms with Crippen LogP contribution in [0.2, 0.25) is 10.0 Å². The number of rotatable bonds is 7. The van der Waals surface area contributed by atoms with Crippen molar-refractivity contribution in [2.45, 2.75) is 39.8 Å². The van der Waals surface area contributed by atoms with Crippen molar-refractivity contribution in [3.05, 3.63) is 33.8 Å². The van der Waals surface area contributed by atoms with Gasteiger partial charge in [-0.05, 0) is 38.0 Å². The smallest absolute Gasteiger partial charge is 0.253 e. The van der Waals surface area contributed by atoms with E-state index in [-0.39, 0.29) is 35.0 Å². The SMILES string of the molecule is CC(C)NC(=O)CNC(=O)[C@@H](NC(=O)c1ccc(Cl)cc1Cl)C(C)C. The summed E-state index contributed by atoms with van der Waals surface area (Å²) in [6, 6.07) is 3.68. The predicted octanol–water partition coefficient (Wildman–Crippen LogP) is 2.39. The number of amides is 3. The van der Waals surface area contributed by atoms with E-state index in [0.29, 0.717) is 5.02 Å². The van der Waals surface area contributed by atoms with Crippen LogP contribution in [0.1, 0.15) is 38.1 Å². The van der Waals surface area contributed by atoms with E-state index in [9.17, 15) is 14.4 Å². The van der Waals surface area contributed by atoms with E-state index in [4.69, 9.17) is 23.2 Å². The Balaban J connectivity index is 2.74. The number of benzene rings is 1. The molecule has 3 N–H and O–H groups in total. The van der Waals surface area contributed by atoms with Gasteiger partial charge in [0.1, 0.15) is 6.04 Å². The molecule has 1 atom stereocenters. The summed E-state index contributed by atoms with van der Waals surface area (Å²) in [7, 11) is 0. The molecule has 25 heavy (non-hydrogen) atoms. The normalized spacial score (nSPS) is 12.0. The van der Waals surface area contributed by atoms with Crippen molar-refractivity contribution in [1.29, 1.82) is 0 Å². The van der Waals surface area contributed by atoms with E-state index >= 15 is 0 Å². The molecule has 0 saturated heterocycles. The molecule has 1 aromatic carbocycles. The molecule has 1 aromatic rings. The summed E-state index contributed by atoms with van der Waals surface area (Å²) in [6.07, 6.45) is 0. The maximum absolute atomic E-state index is 12.4. The minimum atomic E-state index is -0.800. The lowest BCUT2D eigenvalue weighted by atomic mass is 10.0. The second-order valence-corrected chi connectivity index (χ2v) is 7.10. The van der Waals surface area contributed by atoms with E-state index in [1.807, 2.05) is 13.8 Å². The van der Waals surface area contributed by atoms with Crippen LogP contribution >= 0.6 is 23.2 Å². The summed E-state index contributed by atoms with van der Waals surface area (Å²) in [5.74, 6) is -1.39. The summed E-state index contributed by atoms with van der Waals surface area (Å²) in [5, 5.41) is 8.46. The van der Waals surface area contributed by atoms with Gasteiger partial charge in [-0.3, -0.25) is 14.4 Å². The molecule has 0 saturated carbocycles. The maximum Gasteiger partial charge on any atom is 0.253 e. The molecule has 0 aliphatic heterocycles. The zero-order valence-corrected chi connectivity index (χ0v) is 16.2. The Kier molecular flexibility index (Phi) is 8.19. The van der Waals surface area contributed by atoms with Crippen LogP contribution in [0.3, 0.4) is 0 Å².